The molecule has 1 heterocycles. The summed E-state index contributed by atoms with van der Waals surface area (Å²) < 4.78 is 0. The summed E-state index contributed by atoms with van der Waals surface area (Å²) in [7, 11) is 0. The van der Waals surface area contributed by atoms with Gasteiger partial charge in [0.2, 0.25) is 5.85 Å². The van der Waals surface area contributed by atoms with Crippen LogP contribution in [0.4, 0.5) is 0 Å². The average Bonchev–Trinajstić information content (AvgIpc) is 2.28. The molecule has 1 saturated heterocycles. The van der Waals surface area contributed by atoms with E-state index in [1.807, 2.05) is 11.8 Å². The van der Waals surface area contributed by atoms with Crippen LogP contribution in [0.5, 0.6) is 0 Å². The van der Waals surface area contributed by atoms with E-state index in [0.29, 0.717) is 6.04 Å². The highest BCUT2D eigenvalue weighted by Gasteiger charge is 2.41. The summed E-state index contributed by atoms with van der Waals surface area (Å²) in [5, 5.41) is 10.0. The summed E-state index contributed by atoms with van der Waals surface area (Å²) in [4.78, 5) is 6.15. The zero-order valence-corrected chi connectivity index (χ0v) is 8.12. The first kappa shape index (κ1) is 9.68. The number of aliphatic hydroxyl groups is 1. The Kier molecular flexibility index (Phi) is 2.85. The molecule has 1 rings (SSSR count). The maximum Gasteiger partial charge on any atom is 0.215 e. The summed E-state index contributed by atoms with van der Waals surface area (Å²) in [5.41, 5.74) is 0. The highest BCUT2D eigenvalue weighted by Crippen LogP contribution is 2.32. The smallest absolute Gasteiger partial charge is 0.215 e. The number of hydrogen-bond donors (Lipinski definition) is 1. The van der Waals surface area contributed by atoms with E-state index in [4.69, 9.17) is 0 Å². The van der Waals surface area contributed by atoms with Crippen LogP contribution >= 0.6 is 0 Å². The summed E-state index contributed by atoms with van der Waals surface area (Å²) in [6, 6.07) is 0.448. The lowest BCUT2D eigenvalue weighted by atomic mass is 10.2. The van der Waals surface area contributed by atoms with Crippen LogP contribution in [-0.2, 0) is 0 Å². The Balaban J connectivity index is 2.76. The fourth-order valence-electron chi connectivity index (χ4n) is 1.97. The van der Waals surface area contributed by atoms with Gasteiger partial charge in [0.05, 0.1) is 0 Å². The molecular formula is C9H18N2O. The minimum Gasteiger partial charge on any atom is -0.357 e. The number of rotatable bonds is 2. The van der Waals surface area contributed by atoms with Gasteiger partial charge in [-0.1, -0.05) is 6.92 Å². The van der Waals surface area contributed by atoms with Gasteiger partial charge in [0.25, 0.3) is 0 Å². The summed E-state index contributed by atoms with van der Waals surface area (Å²) in [6.07, 6.45) is 3.47. The van der Waals surface area contributed by atoms with Crippen molar-refractivity contribution in [2.45, 2.75) is 45.5 Å². The Morgan fingerprint density at radius 2 is 2.42 bits per heavy atom. The van der Waals surface area contributed by atoms with Crippen LogP contribution in [0.2, 0.25) is 0 Å². The van der Waals surface area contributed by atoms with Crippen LogP contribution < -0.4 is 0 Å². The van der Waals surface area contributed by atoms with Gasteiger partial charge in [-0.15, -0.1) is 0 Å². The first-order chi connectivity index (χ1) is 5.64. The second-order valence-electron chi connectivity index (χ2n) is 3.34. The van der Waals surface area contributed by atoms with Crippen LogP contribution in [0.15, 0.2) is 4.99 Å². The van der Waals surface area contributed by atoms with Gasteiger partial charge in [0.1, 0.15) is 0 Å². The molecule has 0 aromatic carbocycles. The Labute approximate surface area is 74.1 Å². The van der Waals surface area contributed by atoms with Crippen LogP contribution in [0.1, 0.15) is 33.6 Å². The van der Waals surface area contributed by atoms with Gasteiger partial charge < -0.3 is 5.11 Å². The van der Waals surface area contributed by atoms with E-state index in [-0.39, 0.29) is 0 Å². The average molecular weight is 170 g/mol. The van der Waals surface area contributed by atoms with Gasteiger partial charge in [-0.2, -0.15) is 0 Å². The van der Waals surface area contributed by atoms with Crippen LogP contribution in [-0.4, -0.2) is 34.7 Å². The molecule has 3 nitrogen and oxygen atoms in total. The highest BCUT2D eigenvalue weighted by molar-refractivity contribution is 5.53. The zero-order chi connectivity index (χ0) is 9.19. The lowest BCUT2D eigenvalue weighted by Gasteiger charge is -2.31. The van der Waals surface area contributed by atoms with Crippen molar-refractivity contribution in [1.82, 2.24) is 4.90 Å². The van der Waals surface area contributed by atoms with E-state index in [1.165, 1.54) is 0 Å². The topological polar surface area (TPSA) is 35.8 Å². The minimum atomic E-state index is -0.914. The third-order valence-corrected chi connectivity index (χ3v) is 2.57. The fourth-order valence-corrected chi connectivity index (χ4v) is 1.97. The predicted octanol–water partition coefficient (Wildman–Crippen LogP) is 1.23. The van der Waals surface area contributed by atoms with Crippen molar-refractivity contribution in [2.24, 2.45) is 4.99 Å². The van der Waals surface area contributed by atoms with E-state index < -0.39 is 5.85 Å². The van der Waals surface area contributed by atoms with Crippen LogP contribution in [0, 0.1) is 0 Å². The third kappa shape index (κ3) is 1.52. The zero-order valence-electron chi connectivity index (χ0n) is 8.12. The molecule has 0 bridgehead atoms. The molecule has 0 saturated carbocycles. The van der Waals surface area contributed by atoms with E-state index >= 15 is 0 Å². The predicted molar refractivity (Wildman–Crippen MR) is 50.2 cm³/mol. The Morgan fingerprint density at radius 3 is 2.92 bits per heavy atom. The van der Waals surface area contributed by atoms with Crippen molar-refractivity contribution >= 4 is 6.21 Å². The SMILES string of the molecule is CC=NC1(O)CCC(C)N1CC. The summed E-state index contributed by atoms with van der Waals surface area (Å²) in [6.45, 7) is 6.88. The molecule has 70 valence electrons. The lowest BCUT2D eigenvalue weighted by Crippen LogP contribution is -2.44. The maximum absolute atomic E-state index is 10.0. The van der Waals surface area contributed by atoms with Gasteiger partial charge in [0.15, 0.2) is 0 Å². The largest absolute Gasteiger partial charge is 0.357 e. The van der Waals surface area contributed by atoms with Gasteiger partial charge in [-0.25, -0.2) is 4.99 Å². The van der Waals surface area contributed by atoms with Crippen molar-refractivity contribution < 1.29 is 5.11 Å². The molecule has 12 heavy (non-hydrogen) atoms. The number of aliphatic imine (C=N–C) groups is 1. The van der Waals surface area contributed by atoms with Crippen molar-refractivity contribution in [3.8, 4) is 0 Å². The molecule has 1 fully saturated rings. The molecule has 0 aromatic rings. The van der Waals surface area contributed by atoms with E-state index in [2.05, 4.69) is 18.8 Å². The molecule has 2 unspecified atom stereocenters. The number of hydrogen-bond acceptors (Lipinski definition) is 3. The van der Waals surface area contributed by atoms with Gasteiger partial charge >= 0.3 is 0 Å². The second-order valence-corrected chi connectivity index (χ2v) is 3.34. The molecule has 1 N–H and O–H groups in total. The van der Waals surface area contributed by atoms with Gasteiger partial charge in [-0.05, 0) is 20.3 Å². The van der Waals surface area contributed by atoms with Crippen LogP contribution in [0.3, 0.4) is 0 Å². The second kappa shape index (κ2) is 3.54. The normalized spacial score (nSPS) is 38.2. The number of likely N-dealkylation sites (tertiary alicyclic amines) is 1. The van der Waals surface area contributed by atoms with Crippen molar-refractivity contribution in [1.29, 1.82) is 0 Å². The van der Waals surface area contributed by atoms with Gasteiger partial charge in [0, 0.05) is 25.2 Å². The van der Waals surface area contributed by atoms with E-state index in [1.54, 1.807) is 6.21 Å². The molecule has 0 amide bonds. The molecule has 0 aliphatic carbocycles. The molecule has 2 atom stereocenters. The van der Waals surface area contributed by atoms with Crippen molar-refractivity contribution in [2.75, 3.05) is 6.54 Å². The summed E-state index contributed by atoms with van der Waals surface area (Å²) in [5.74, 6) is -0.914. The van der Waals surface area contributed by atoms with Crippen LogP contribution in [0.25, 0.3) is 0 Å². The Hall–Kier alpha value is -0.410. The highest BCUT2D eigenvalue weighted by atomic mass is 16.3. The maximum atomic E-state index is 10.0. The third-order valence-electron chi connectivity index (χ3n) is 2.57. The quantitative estimate of drug-likeness (QED) is 0.633. The molecule has 1 aliphatic heterocycles. The number of nitrogens with zero attached hydrogens (tertiary/aromatic N) is 2. The van der Waals surface area contributed by atoms with Gasteiger partial charge in [-0.3, -0.25) is 4.90 Å². The monoisotopic (exact) mass is 170 g/mol. The molecule has 0 radical (unpaired) electrons. The Morgan fingerprint density at radius 1 is 1.75 bits per heavy atom. The van der Waals surface area contributed by atoms with Crippen molar-refractivity contribution in [3.63, 3.8) is 0 Å². The minimum absolute atomic E-state index is 0.448. The molecule has 1 aliphatic rings. The molecule has 0 aromatic heterocycles. The molecular weight excluding hydrogens is 152 g/mol. The van der Waals surface area contributed by atoms with Crippen molar-refractivity contribution in [3.05, 3.63) is 0 Å². The first-order valence-electron chi connectivity index (χ1n) is 4.63. The lowest BCUT2D eigenvalue weighted by molar-refractivity contribution is -0.0813. The fraction of sp³-hybridized carbons (Fsp3) is 0.889. The Bertz CT molecular complexity index is 181. The molecule has 0 spiro atoms. The molecule has 3 heteroatoms. The van der Waals surface area contributed by atoms with E-state index in [9.17, 15) is 5.11 Å². The standard InChI is InChI=1S/C9H18N2O/c1-4-10-9(12)7-6-8(3)11(9)5-2/h4,8,12H,5-7H2,1-3H3. The van der Waals surface area contributed by atoms with E-state index in [0.717, 1.165) is 19.4 Å². The first-order valence-corrected chi connectivity index (χ1v) is 4.63. The summed E-state index contributed by atoms with van der Waals surface area (Å²) >= 11 is 0.